The first-order valence-electron chi connectivity index (χ1n) is 9.19. The average Bonchev–Trinajstić information content (AvgIpc) is 3.19. The molecule has 7 heteroatoms. The average molecular weight is 367 g/mol. The molecule has 2 aromatic heterocycles. The number of carbonyl (C=O) groups excluding carboxylic acids is 1. The Bertz CT molecular complexity index is 862. The van der Waals surface area contributed by atoms with Crippen LogP contribution >= 0.6 is 0 Å². The van der Waals surface area contributed by atoms with Gasteiger partial charge in [-0.25, -0.2) is 0 Å². The lowest BCUT2D eigenvalue weighted by atomic mass is 10.1. The number of carbonyl (C=O) groups is 1. The maximum absolute atomic E-state index is 12.5. The number of nitrogens with two attached hydrogens (primary N) is 1. The van der Waals surface area contributed by atoms with Gasteiger partial charge in [-0.3, -0.25) is 14.6 Å². The topological polar surface area (TPSA) is 95.3 Å². The van der Waals surface area contributed by atoms with Crippen molar-refractivity contribution in [1.82, 2.24) is 14.9 Å². The highest BCUT2D eigenvalue weighted by atomic mass is 16.2. The van der Waals surface area contributed by atoms with Gasteiger partial charge in [0.25, 0.3) is 5.56 Å². The molecule has 1 saturated heterocycles. The van der Waals surface area contributed by atoms with Gasteiger partial charge in [-0.05, 0) is 37.1 Å². The van der Waals surface area contributed by atoms with Gasteiger partial charge in [0.05, 0.1) is 0 Å². The first-order valence-corrected chi connectivity index (χ1v) is 9.19. The number of nitrogens with one attached hydrogen (secondary N) is 1. The highest BCUT2D eigenvalue weighted by Gasteiger charge is 2.30. The third kappa shape index (κ3) is 4.25. The lowest BCUT2D eigenvalue weighted by Crippen LogP contribution is -2.41. The number of H-pyrrole nitrogens is 1. The van der Waals surface area contributed by atoms with E-state index in [1.807, 2.05) is 25.1 Å². The fourth-order valence-corrected chi connectivity index (χ4v) is 3.49. The predicted octanol–water partition coefficient (Wildman–Crippen LogP) is 1.38. The minimum Gasteiger partial charge on any atom is -0.363 e. The SMILES string of the molecule is CCN(c1cc(-c2ccncc2)c[nH]c1=O)[C@@H]1CCN(C(=O)/C=C/CN)C1. The fourth-order valence-electron chi connectivity index (χ4n) is 3.49. The van der Waals surface area contributed by atoms with Crippen molar-refractivity contribution in [2.75, 3.05) is 31.1 Å². The fraction of sp³-hybridized carbons (Fsp3) is 0.350. The van der Waals surface area contributed by atoms with Gasteiger partial charge in [0.2, 0.25) is 5.91 Å². The molecule has 0 saturated carbocycles. The van der Waals surface area contributed by atoms with Gasteiger partial charge < -0.3 is 20.5 Å². The van der Waals surface area contributed by atoms with Gasteiger partial charge in [-0.2, -0.15) is 0 Å². The lowest BCUT2D eigenvalue weighted by molar-refractivity contribution is -0.125. The molecule has 0 aromatic carbocycles. The summed E-state index contributed by atoms with van der Waals surface area (Å²) in [4.78, 5) is 35.5. The van der Waals surface area contributed by atoms with Crippen molar-refractivity contribution < 1.29 is 4.79 Å². The van der Waals surface area contributed by atoms with Gasteiger partial charge >= 0.3 is 0 Å². The van der Waals surface area contributed by atoms with E-state index in [1.165, 1.54) is 6.08 Å². The molecule has 1 fully saturated rings. The van der Waals surface area contributed by atoms with Crippen molar-refractivity contribution >= 4 is 11.6 Å². The van der Waals surface area contributed by atoms with Crippen LogP contribution in [-0.2, 0) is 4.79 Å². The van der Waals surface area contributed by atoms with Crippen LogP contribution in [0.4, 0.5) is 5.69 Å². The minimum absolute atomic E-state index is 0.0292. The first kappa shape index (κ1) is 18.8. The number of hydrogen-bond acceptors (Lipinski definition) is 5. The van der Waals surface area contributed by atoms with Crippen LogP contribution in [0.3, 0.4) is 0 Å². The third-order valence-electron chi connectivity index (χ3n) is 4.86. The predicted molar refractivity (Wildman–Crippen MR) is 106 cm³/mol. The number of anilines is 1. The van der Waals surface area contributed by atoms with E-state index in [0.717, 1.165) is 17.5 Å². The quantitative estimate of drug-likeness (QED) is 0.752. The maximum atomic E-state index is 12.5. The van der Waals surface area contributed by atoms with E-state index < -0.39 is 0 Å². The Morgan fingerprint density at radius 2 is 2.19 bits per heavy atom. The van der Waals surface area contributed by atoms with Crippen molar-refractivity contribution in [3.05, 3.63) is 59.3 Å². The van der Waals surface area contributed by atoms with Crippen LogP contribution in [0.1, 0.15) is 13.3 Å². The summed E-state index contributed by atoms with van der Waals surface area (Å²) in [7, 11) is 0. The number of nitrogens with zero attached hydrogens (tertiary/aromatic N) is 3. The Morgan fingerprint density at radius 3 is 2.89 bits per heavy atom. The number of aromatic amines is 1. The highest BCUT2D eigenvalue weighted by Crippen LogP contribution is 2.24. The summed E-state index contributed by atoms with van der Waals surface area (Å²) in [6.45, 7) is 4.34. The van der Waals surface area contributed by atoms with Crippen molar-refractivity contribution in [2.24, 2.45) is 5.73 Å². The molecule has 3 heterocycles. The lowest BCUT2D eigenvalue weighted by Gasteiger charge is -2.29. The van der Waals surface area contributed by atoms with E-state index in [-0.39, 0.29) is 17.5 Å². The zero-order valence-electron chi connectivity index (χ0n) is 15.5. The standard InChI is InChI=1S/C20H25N5O2/c1-2-25(17-7-11-24(14-17)19(26)4-3-8-21)18-12-16(13-23-20(18)27)15-5-9-22-10-6-15/h3-6,9-10,12-13,17H,2,7-8,11,14,21H2,1H3,(H,23,27)/b4-3+/t17-/m1/s1. The Morgan fingerprint density at radius 1 is 1.41 bits per heavy atom. The van der Waals surface area contributed by atoms with Crippen LogP contribution in [0.5, 0.6) is 0 Å². The summed E-state index contributed by atoms with van der Waals surface area (Å²) in [6, 6.07) is 5.84. The normalized spacial score (nSPS) is 16.8. The second-order valence-corrected chi connectivity index (χ2v) is 6.49. The van der Waals surface area contributed by atoms with Gasteiger partial charge in [-0.15, -0.1) is 0 Å². The van der Waals surface area contributed by atoms with E-state index in [0.29, 0.717) is 31.9 Å². The minimum atomic E-state index is -0.123. The van der Waals surface area contributed by atoms with Gasteiger partial charge in [0.1, 0.15) is 5.69 Å². The highest BCUT2D eigenvalue weighted by molar-refractivity contribution is 5.88. The monoisotopic (exact) mass is 367 g/mol. The van der Waals surface area contributed by atoms with Crippen LogP contribution in [-0.4, -0.2) is 53.0 Å². The molecule has 1 amide bonds. The smallest absolute Gasteiger partial charge is 0.271 e. The summed E-state index contributed by atoms with van der Waals surface area (Å²) < 4.78 is 0. The molecule has 1 atom stereocenters. The van der Waals surface area contributed by atoms with Crippen LogP contribution in [0, 0.1) is 0 Å². The molecular weight excluding hydrogens is 342 g/mol. The number of hydrogen-bond donors (Lipinski definition) is 2. The van der Waals surface area contributed by atoms with Crippen molar-refractivity contribution in [1.29, 1.82) is 0 Å². The van der Waals surface area contributed by atoms with E-state index in [9.17, 15) is 9.59 Å². The zero-order valence-corrected chi connectivity index (χ0v) is 15.5. The number of pyridine rings is 2. The molecule has 3 rings (SSSR count). The summed E-state index contributed by atoms with van der Waals surface area (Å²) in [6.07, 6.45) is 9.19. The molecule has 3 N–H and O–H groups in total. The molecule has 7 nitrogen and oxygen atoms in total. The molecule has 1 aliphatic heterocycles. The van der Waals surface area contributed by atoms with Crippen LogP contribution in [0.25, 0.3) is 11.1 Å². The summed E-state index contributed by atoms with van der Waals surface area (Å²) in [5.41, 5.74) is 7.85. The summed E-state index contributed by atoms with van der Waals surface area (Å²) in [5, 5.41) is 0. The van der Waals surface area contributed by atoms with E-state index in [2.05, 4.69) is 14.9 Å². The molecule has 0 unspecified atom stereocenters. The van der Waals surface area contributed by atoms with Crippen LogP contribution in [0.2, 0.25) is 0 Å². The Hall–Kier alpha value is -2.93. The number of likely N-dealkylation sites (tertiary alicyclic amines) is 1. The number of aromatic nitrogens is 2. The number of rotatable bonds is 6. The molecule has 2 aromatic rings. The van der Waals surface area contributed by atoms with Crippen LogP contribution < -0.4 is 16.2 Å². The van der Waals surface area contributed by atoms with Crippen molar-refractivity contribution in [3.63, 3.8) is 0 Å². The Balaban J connectivity index is 1.83. The molecule has 142 valence electrons. The number of likely N-dealkylation sites (N-methyl/N-ethyl adjacent to an activating group) is 1. The molecule has 27 heavy (non-hydrogen) atoms. The third-order valence-corrected chi connectivity index (χ3v) is 4.86. The molecule has 0 radical (unpaired) electrons. The first-order chi connectivity index (χ1) is 13.1. The molecular formula is C20H25N5O2. The largest absolute Gasteiger partial charge is 0.363 e. The van der Waals surface area contributed by atoms with Gasteiger partial charge in [-0.1, -0.05) is 6.08 Å². The van der Waals surface area contributed by atoms with Crippen molar-refractivity contribution in [3.8, 4) is 11.1 Å². The van der Waals surface area contributed by atoms with E-state index in [4.69, 9.17) is 5.73 Å². The van der Waals surface area contributed by atoms with Crippen molar-refractivity contribution in [2.45, 2.75) is 19.4 Å². The maximum Gasteiger partial charge on any atom is 0.271 e. The Kier molecular flexibility index (Phi) is 6.03. The van der Waals surface area contributed by atoms with Crippen LogP contribution in [0.15, 0.2) is 53.7 Å². The molecule has 0 spiro atoms. The molecule has 0 aliphatic carbocycles. The number of amides is 1. The Labute approximate surface area is 158 Å². The zero-order chi connectivity index (χ0) is 19.2. The second-order valence-electron chi connectivity index (χ2n) is 6.49. The second kappa shape index (κ2) is 8.64. The summed E-state index contributed by atoms with van der Waals surface area (Å²) in [5.74, 6) is -0.0292. The van der Waals surface area contributed by atoms with Gasteiger partial charge in [0.15, 0.2) is 0 Å². The summed E-state index contributed by atoms with van der Waals surface area (Å²) >= 11 is 0. The molecule has 1 aliphatic rings. The van der Waals surface area contributed by atoms with Gasteiger partial charge in [0, 0.05) is 62.5 Å². The molecule has 0 bridgehead atoms. The van der Waals surface area contributed by atoms with E-state index in [1.54, 1.807) is 29.6 Å². The van der Waals surface area contributed by atoms with E-state index >= 15 is 0 Å².